The molecule has 5 nitrogen and oxygen atoms in total. The van der Waals surface area contributed by atoms with Gasteiger partial charge in [0.25, 0.3) is 0 Å². The SMILES string of the molecule is CCOC(=O)c1c(NC(=O)C23CC4CC(CC(C4)C2)C3)sc2c1CCN(C(C)C)C2. The maximum absolute atomic E-state index is 13.6. The Morgan fingerprint density at radius 1 is 1.17 bits per heavy atom. The third kappa shape index (κ3) is 3.40. The van der Waals surface area contributed by atoms with Crippen LogP contribution in [-0.4, -0.2) is 36.0 Å². The molecule has 6 heteroatoms. The van der Waals surface area contributed by atoms with Crippen LogP contribution in [0.2, 0.25) is 0 Å². The van der Waals surface area contributed by atoms with Crippen molar-refractivity contribution in [1.29, 1.82) is 0 Å². The Balaban J connectivity index is 1.44. The topological polar surface area (TPSA) is 58.6 Å². The molecule has 4 saturated carbocycles. The zero-order valence-corrected chi connectivity index (χ0v) is 19.3. The highest BCUT2D eigenvalue weighted by Crippen LogP contribution is 2.60. The summed E-state index contributed by atoms with van der Waals surface area (Å²) in [5.41, 5.74) is 1.50. The molecular formula is C24H34N2O3S. The van der Waals surface area contributed by atoms with Crippen molar-refractivity contribution >= 4 is 28.2 Å². The number of amides is 1. The summed E-state index contributed by atoms with van der Waals surface area (Å²) in [7, 11) is 0. The van der Waals surface area contributed by atoms with Crippen LogP contribution in [0.15, 0.2) is 0 Å². The number of anilines is 1. The van der Waals surface area contributed by atoms with Crippen LogP contribution >= 0.6 is 11.3 Å². The Bertz CT molecular complexity index is 824. The maximum Gasteiger partial charge on any atom is 0.341 e. The molecule has 164 valence electrons. The lowest BCUT2D eigenvalue weighted by atomic mass is 9.49. The van der Waals surface area contributed by atoms with Crippen molar-refractivity contribution in [2.45, 2.75) is 78.3 Å². The third-order valence-corrected chi connectivity index (χ3v) is 9.18. The van der Waals surface area contributed by atoms with E-state index in [-0.39, 0.29) is 17.3 Å². The number of nitrogens with one attached hydrogen (secondary N) is 1. The highest BCUT2D eigenvalue weighted by Gasteiger charge is 2.54. The van der Waals surface area contributed by atoms with Gasteiger partial charge in [0.05, 0.1) is 17.6 Å². The van der Waals surface area contributed by atoms with Crippen LogP contribution in [0.4, 0.5) is 5.00 Å². The summed E-state index contributed by atoms with van der Waals surface area (Å²) in [4.78, 5) is 30.1. The minimum absolute atomic E-state index is 0.159. The lowest BCUT2D eigenvalue weighted by Crippen LogP contribution is -2.51. The maximum atomic E-state index is 13.6. The van der Waals surface area contributed by atoms with Gasteiger partial charge >= 0.3 is 5.97 Å². The molecule has 6 rings (SSSR count). The number of nitrogens with zero attached hydrogens (tertiary/aromatic N) is 1. The minimum atomic E-state index is -0.284. The van der Waals surface area contributed by atoms with E-state index >= 15 is 0 Å². The van der Waals surface area contributed by atoms with Crippen LogP contribution in [0, 0.1) is 23.2 Å². The smallest absolute Gasteiger partial charge is 0.341 e. The van der Waals surface area contributed by atoms with Crippen LogP contribution in [0.5, 0.6) is 0 Å². The second-order valence-electron chi connectivity index (χ2n) is 10.4. The van der Waals surface area contributed by atoms with Crippen LogP contribution in [0.25, 0.3) is 0 Å². The number of rotatable bonds is 5. The highest BCUT2D eigenvalue weighted by molar-refractivity contribution is 7.17. The number of carbonyl (C=O) groups is 2. The van der Waals surface area contributed by atoms with Crippen molar-refractivity contribution in [3.8, 4) is 0 Å². The van der Waals surface area contributed by atoms with E-state index in [1.807, 2.05) is 6.92 Å². The molecule has 0 aromatic carbocycles. The van der Waals surface area contributed by atoms with E-state index in [0.717, 1.165) is 67.1 Å². The van der Waals surface area contributed by atoms with Gasteiger partial charge in [0, 0.05) is 24.0 Å². The van der Waals surface area contributed by atoms with Crippen molar-refractivity contribution in [3.63, 3.8) is 0 Å². The molecule has 30 heavy (non-hydrogen) atoms. The summed E-state index contributed by atoms with van der Waals surface area (Å²) in [6, 6.07) is 0.469. The van der Waals surface area contributed by atoms with Crippen LogP contribution in [0.1, 0.15) is 80.1 Å². The van der Waals surface area contributed by atoms with Gasteiger partial charge in [0.1, 0.15) is 5.00 Å². The number of hydrogen-bond acceptors (Lipinski definition) is 5. The molecule has 1 aromatic heterocycles. The van der Waals surface area contributed by atoms with Crippen molar-refractivity contribution in [1.82, 2.24) is 4.90 Å². The van der Waals surface area contributed by atoms with Gasteiger partial charge in [-0.25, -0.2) is 4.79 Å². The molecule has 0 saturated heterocycles. The summed E-state index contributed by atoms with van der Waals surface area (Å²) >= 11 is 1.60. The molecule has 1 N–H and O–H groups in total. The predicted octanol–water partition coefficient (Wildman–Crippen LogP) is 4.85. The number of fused-ring (bicyclic) bond motifs is 1. The first kappa shape index (κ1) is 20.5. The van der Waals surface area contributed by atoms with Crippen molar-refractivity contribution in [2.75, 3.05) is 18.5 Å². The molecule has 0 spiro atoms. The van der Waals surface area contributed by atoms with E-state index in [2.05, 4.69) is 24.1 Å². The second-order valence-corrected chi connectivity index (χ2v) is 11.5. The fraction of sp³-hybridized carbons (Fsp3) is 0.750. The number of ether oxygens (including phenoxy) is 1. The molecule has 4 bridgehead atoms. The quantitative estimate of drug-likeness (QED) is 0.679. The van der Waals surface area contributed by atoms with Gasteiger partial charge in [-0.2, -0.15) is 0 Å². The third-order valence-electron chi connectivity index (χ3n) is 8.04. The Hall–Kier alpha value is -1.40. The molecule has 2 heterocycles. The summed E-state index contributed by atoms with van der Waals surface area (Å²) < 4.78 is 5.40. The molecule has 0 unspecified atom stereocenters. The van der Waals surface area contributed by atoms with Gasteiger partial charge in [-0.15, -0.1) is 11.3 Å². The fourth-order valence-corrected chi connectivity index (χ4v) is 8.25. The second kappa shape index (κ2) is 7.63. The van der Waals surface area contributed by atoms with E-state index in [1.54, 1.807) is 11.3 Å². The Morgan fingerprint density at radius 2 is 1.80 bits per heavy atom. The summed E-state index contributed by atoms with van der Waals surface area (Å²) in [5, 5.41) is 4.00. The molecule has 1 amide bonds. The first-order valence-electron chi connectivity index (χ1n) is 11.8. The molecular weight excluding hydrogens is 396 g/mol. The Morgan fingerprint density at radius 3 is 2.37 bits per heavy atom. The van der Waals surface area contributed by atoms with Crippen molar-refractivity contribution in [3.05, 3.63) is 16.0 Å². The van der Waals surface area contributed by atoms with Crippen LogP contribution in [-0.2, 0) is 22.5 Å². The molecule has 5 aliphatic rings. The van der Waals surface area contributed by atoms with Gasteiger partial charge in [-0.05, 0) is 89.0 Å². The fourth-order valence-electron chi connectivity index (χ4n) is 7.00. The van der Waals surface area contributed by atoms with Crippen LogP contribution in [0.3, 0.4) is 0 Å². The predicted molar refractivity (Wildman–Crippen MR) is 119 cm³/mol. The van der Waals surface area contributed by atoms with Gasteiger partial charge < -0.3 is 10.1 Å². The first-order chi connectivity index (χ1) is 14.4. The van der Waals surface area contributed by atoms with E-state index in [0.29, 0.717) is 18.2 Å². The summed E-state index contributed by atoms with van der Waals surface area (Å²) in [5.74, 6) is 2.05. The lowest BCUT2D eigenvalue weighted by Gasteiger charge is -2.55. The molecule has 4 aliphatic carbocycles. The molecule has 1 aliphatic heterocycles. The number of thiophene rings is 1. The van der Waals surface area contributed by atoms with E-state index in [4.69, 9.17) is 4.74 Å². The standard InChI is InChI=1S/C24H34N2O3S/c1-4-29-22(27)20-18-5-6-26(14(2)3)13-19(18)30-21(20)25-23(28)24-10-15-7-16(11-24)9-17(8-15)12-24/h14-17H,4-13H2,1-3H3,(H,25,28). The number of esters is 1. The zero-order chi connectivity index (χ0) is 21.0. The van der Waals surface area contributed by atoms with Gasteiger partial charge in [-0.1, -0.05) is 0 Å². The van der Waals surface area contributed by atoms with E-state index in [1.165, 1.54) is 24.1 Å². The summed E-state index contributed by atoms with van der Waals surface area (Å²) in [6.45, 7) is 8.39. The highest BCUT2D eigenvalue weighted by atomic mass is 32.1. The molecule has 1 aromatic rings. The van der Waals surface area contributed by atoms with Gasteiger partial charge in [-0.3, -0.25) is 9.69 Å². The van der Waals surface area contributed by atoms with Crippen LogP contribution < -0.4 is 5.32 Å². The monoisotopic (exact) mass is 430 g/mol. The zero-order valence-electron chi connectivity index (χ0n) is 18.5. The normalized spacial score (nSPS) is 32.3. The first-order valence-corrected chi connectivity index (χ1v) is 12.6. The van der Waals surface area contributed by atoms with E-state index < -0.39 is 0 Å². The van der Waals surface area contributed by atoms with Crippen molar-refractivity contribution < 1.29 is 14.3 Å². The van der Waals surface area contributed by atoms with E-state index in [9.17, 15) is 9.59 Å². The minimum Gasteiger partial charge on any atom is -0.462 e. The Kier molecular flexibility index (Phi) is 5.21. The largest absolute Gasteiger partial charge is 0.462 e. The average molecular weight is 431 g/mol. The number of carbonyl (C=O) groups excluding carboxylic acids is 2. The van der Waals surface area contributed by atoms with Gasteiger partial charge in [0.2, 0.25) is 5.91 Å². The summed E-state index contributed by atoms with van der Waals surface area (Å²) in [6.07, 6.45) is 7.89. The molecule has 0 radical (unpaired) electrons. The Labute approximate surface area is 183 Å². The molecule has 4 fully saturated rings. The average Bonchev–Trinajstić information content (AvgIpc) is 3.04. The molecule has 0 atom stereocenters. The number of hydrogen-bond donors (Lipinski definition) is 1. The van der Waals surface area contributed by atoms with Crippen molar-refractivity contribution in [2.24, 2.45) is 23.2 Å². The lowest BCUT2D eigenvalue weighted by molar-refractivity contribution is -0.140. The van der Waals surface area contributed by atoms with Gasteiger partial charge in [0.15, 0.2) is 0 Å².